The fourth-order valence-electron chi connectivity index (χ4n) is 3.00. The standard InChI is InChI=1S/C16H18F3N3/c17-16(18,19)7-9-22-8-6-13-15(21-11-20-13)14(22)10-12-4-2-1-3-5-12/h1-5,11,14H,6-10H2,(H,20,21)/t14-/m1/s1. The SMILES string of the molecule is FC(F)(F)CCN1CCc2[nH]cnc2[C@H]1Cc1ccccc1. The van der Waals surface area contributed by atoms with Crippen LogP contribution in [0, 0.1) is 0 Å². The highest BCUT2D eigenvalue weighted by atomic mass is 19.4. The molecule has 3 rings (SSSR count). The van der Waals surface area contributed by atoms with Gasteiger partial charge in [-0.05, 0) is 12.0 Å². The van der Waals surface area contributed by atoms with E-state index in [0.717, 1.165) is 23.4 Å². The Bertz CT molecular complexity index is 607. The van der Waals surface area contributed by atoms with Crippen molar-refractivity contribution in [3.05, 3.63) is 53.6 Å². The third-order valence-electron chi connectivity index (χ3n) is 4.11. The van der Waals surface area contributed by atoms with Gasteiger partial charge in [0.05, 0.1) is 24.5 Å². The van der Waals surface area contributed by atoms with Gasteiger partial charge in [0.2, 0.25) is 0 Å². The molecule has 0 amide bonds. The summed E-state index contributed by atoms with van der Waals surface area (Å²) in [5.74, 6) is 0. The molecular formula is C16H18F3N3. The Morgan fingerprint density at radius 1 is 1.23 bits per heavy atom. The molecule has 1 aliphatic heterocycles. The molecule has 1 aromatic heterocycles. The summed E-state index contributed by atoms with van der Waals surface area (Å²) in [6.07, 6.45) is -1.87. The maximum absolute atomic E-state index is 12.6. The summed E-state index contributed by atoms with van der Waals surface area (Å²) in [5, 5.41) is 0. The molecule has 22 heavy (non-hydrogen) atoms. The van der Waals surface area contributed by atoms with E-state index in [1.807, 2.05) is 35.2 Å². The summed E-state index contributed by atoms with van der Waals surface area (Å²) >= 11 is 0. The van der Waals surface area contributed by atoms with E-state index in [2.05, 4.69) is 9.97 Å². The number of imidazole rings is 1. The topological polar surface area (TPSA) is 31.9 Å². The molecule has 0 unspecified atom stereocenters. The number of hydrogen-bond donors (Lipinski definition) is 1. The Kier molecular flexibility index (Phi) is 4.20. The van der Waals surface area contributed by atoms with Gasteiger partial charge in [-0.1, -0.05) is 30.3 Å². The van der Waals surface area contributed by atoms with E-state index in [-0.39, 0.29) is 12.6 Å². The van der Waals surface area contributed by atoms with Crippen molar-refractivity contribution in [2.24, 2.45) is 0 Å². The summed E-state index contributed by atoms with van der Waals surface area (Å²) in [5.41, 5.74) is 3.04. The van der Waals surface area contributed by atoms with Crippen LogP contribution >= 0.6 is 0 Å². The summed E-state index contributed by atoms with van der Waals surface area (Å²) in [6.45, 7) is 0.649. The average Bonchev–Trinajstić information content (AvgIpc) is 2.95. The molecule has 0 spiro atoms. The van der Waals surface area contributed by atoms with Gasteiger partial charge in [0.15, 0.2) is 0 Å². The van der Waals surface area contributed by atoms with Crippen LogP contribution in [-0.2, 0) is 12.8 Å². The minimum absolute atomic E-state index is 0.0211. The first-order valence-electron chi connectivity index (χ1n) is 7.40. The number of aromatic amines is 1. The van der Waals surface area contributed by atoms with Crippen molar-refractivity contribution >= 4 is 0 Å². The molecule has 0 saturated heterocycles. The highest BCUT2D eigenvalue weighted by Gasteiger charge is 2.33. The zero-order valence-corrected chi connectivity index (χ0v) is 12.1. The van der Waals surface area contributed by atoms with Crippen molar-refractivity contribution in [1.82, 2.24) is 14.9 Å². The Labute approximate surface area is 127 Å². The van der Waals surface area contributed by atoms with Gasteiger partial charge in [0.1, 0.15) is 0 Å². The van der Waals surface area contributed by atoms with Crippen LogP contribution in [0.2, 0.25) is 0 Å². The number of nitrogens with one attached hydrogen (secondary N) is 1. The molecule has 3 nitrogen and oxygen atoms in total. The van der Waals surface area contributed by atoms with Crippen molar-refractivity contribution < 1.29 is 13.2 Å². The molecular weight excluding hydrogens is 291 g/mol. The van der Waals surface area contributed by atoms with Crippen LogP contribution in [0.4, 0.5) is 13.2 Å². The van der Waals surface area contributed by atoms with Gasteiger partial charge in [-0.25, -0.2) is 4.98 Å². The van der Waals surface area contributed by atoms with Crippen LogP contribution in [0.25, 0.3) is 0 Å². The molecule has 0 radical (unpaired) electrons. The Morgan fingerprint density at radius 2 is 2.00 bits per heavy atom. The number of hydrogen-bond acceptors (Lipinski definition) is 2. The summed E-state index contributed by atoms with van der Waals surface area (Å²) in [6, 6.07) is 9.74. The van der Waals surface area contributed by atoms with Crippen LogP contribution in [-0.4, -0.2) is 34.1 Å². The number of nitrogens with zero attached hydrogens (tertiary/aromatic N) is 2. The number of halogens is 3. The van der Waals surface area contributed by atoms with Gasteiger partial charge in [0, 0.05) is 25.2 Å². The molecule has 1 aliphatic rings. The van der Waals surface area contributed by atoms with Crippen LogP contribution in [0.5, 0.6) is 0 Å². The first kappa shape index (κ1) is 15.1. The highest BCUT2D eigenvalue weighted by molar-refractivity contribution is 5.24. The van der Waals surface area contributed by atoms with E-state index in [1.165, 1.54) is 0 Å². The quantitative estimate of drug-likeness (QED) is 0.937. The number of H-pyrrole nitrogens is 1. The molecule has 2 aromatic rings. The molecule has 6 heteroatoms. The van der Waals surface area contributed by atoms with E-state index in [0.29, 0.717) is 13.0 Å². The summed E-state index contributed by atoms with van der Waals surface area (Å²) < 4.78 is 37.7. The second kappa shape index (κ2) is 6.12. The third-order valence-corrected chi connectivity index (χ3v) is 4.11. The average molecular weight is 309 g/mol. The van der Waals surface area contributed by atoms with Gasteiger partial charge in [-0.15, -0.1) is 0 Å². The molecule has 2 heterocycles. The molecule has 0 fully saturated rings. The fraction of sp³-hybridized carbons (Fsp3) is 0.438. The zero-order valence-electron chi connectivity index (χ0n) is 12.1. The fourth-order valence-corrected chi connectivity index (χ4v) is 3.00. The predicted octanol–water partition coefficient (Wildman–Crippen LogP) is 3.50. The number of benzene rings is 1. The van der Waals surface area contributed by atoms with E-state index in [1.54, 1.807) is 6.33 Å². The Morgan fingerprint density at radius 3 is 2.73 bits per heavy atom. The monoisotopic (exact) mass is 309 g/mol. The molecule has 0 aliphatic carbocycles. The van der Waals surface area contributed by atoms with E-state index < -0.39 is 12.6 Å². The second-order valence-electron chi connectivity index (χ2n) is 5.62. The summed E-state index contributed by atoms with van der Waals surface area (Å²) in [7, 11) is 0. The van der Waals surface area contributed by atoms with Crippen molar-refractivity contribution in [3.8, 4) is 0 Å². The lowest BCUT2D eigenvalue weighted by Gasteiger charge is -2.35. The van der Waals surface area contributed by atoms with E-state index in [9.17, 15) is 13.2 Å². The zero-order chi connectivity index (χ0) is 15.6. The Balaban J connectivity index is 1.80. The second-order valence-corrected chi connectivity index (χ2v) is 5.62. The lowest BCUT2D eigenvalue weighted by molar-refractivity contribution is -0.139. The van der Waals surface area contributed by atoms with E-state index in [4.69, 9.17) is 0 Å². The number of rotatable bonds is 4. The maximum Gasteiger partial charge on any atom is 0.390 e. The number of alkyl halides is 3. The first-order chi connectivity index (χ1) is 10.5. The van der Waals surface area contributed by atoms with Gasteiger partial charge in [-0.3, -0.25) is 4.90 Å². The molecule has 118 valence electrons. The molecule has 1 N–H and O–H groups in total. The smallest absolute Gasteiger partial charge is 0.348 e. The molecule has 0 bridgehead atoms. The van der Waals surface area contributed by atoms with Gasteiger partial charge < -0.3 is 4.98 Å². The highest BCUT2D eigenvalue weighted by Crippen LogP contribution is 2.32. The number of aromatic nitrogens is 2. The lowest BCUT2D eigenvalue weighted by atomic mass is 9.96. The number of fused-ring (bicyclic) bond motifs is 1. The first-order valence-corrected chi connectivity index (χ1v) is 7.40. The Hall–Kier alpha value is -1.82. The van der Waals surface area contributed by atoms with Crippen LogP contribution in [0.3, 0.4) is 0 Å². The van der Waals surface area contributed by atoms with E-state index >= 15 is 0 Å². The van der Waals surface area contributed by atoms with Crippen LogP contribution in [0.15, 0.2) is 36.7 Å². The third kappa shape index (κ3) is 3.50. The van der Waals surface area contributed by atoms with Gasteiger partial charge in [-0.2, -0.15) is 13.2 Å². The van der Waals surface area contributed by atoms with Crippen LogP contribution in [0.1, 0.15) is 29.4 Å². The largest absolute Gasteiger partial charge is 0.390 e. The van der Waals surface area contributed by atoms with Crippen molar-refractivity contribution in [1.29, 1.82) is 0 Å². The minimum atomic E-state index is -4.12. The van der Waals surface area contributed by atoms with Crippen molar-refractivity contribution in [2.75, 3.05) is 13.1 Å². The van der Waals surface area contributed by atoms with Gasteiger partial charge >= 0.3 is 6.18 Å². The maximum atomic E-state index is 12.6. The van der Waals surface area contributed by atoms with Gasteiger partial charge in [0.25, 0.3) is 0 Å². The molecule has 1 atom stereocenters. The minimum Gasteiger partial charge on any atom is -0.348 e. The molecule has 1 aromatic carbocycles. The normalized spacial score (nSPS) is 19.1. The van der Waals surface area contributed by atoms with Crippen molar-refractivity contribution in [3.63, 3.8) is 0 Å². The summed E-state index contributed by atoms with van der Waals surface area (Å²) in [4.78, 5) is 9.36. The molecule has 0 saturated carbocycles. The van der Waals surface area contributed by atoms with Crippen molar-refractivity contribution in [2.45, 2.75) is 31.5 Å². The van der Waals surface area contributed by atoms with Crippen LogP contribution < -0.4 is 0 Å². The lowest BCUT2D eigenvalue weighted by Crippen LogP contribution is -2.38. The predicted molar refractivity (Wildman–Crippen MR) is 77.4 cm³/mol.